The molecule has 0 aliphatic rings. The highest BCUT2D eigenvalue weighted by molar-refractivity contribution is 6.03. The predicted molar refractivity (Wildman–Crippen MR) is 110 cm³/mol. The van der Waals surface area contributed by atoms with Crippen molar-refractivity contribution in [1.82, 2.24) is 9.97 Å². The minimum absolute atomic E-state index is 0.266. The Morgan fingerprint density at radius 1 is 0.926 bits per heavy atom. The summed E-state index contributed by atoms with van der Waals surface area (Å²) in [6.45, 7) is 8.35. The summed E-state index contributed by atoms with van der Waals surface area (Å²) in [4.78, 5) is 21.1. The van der Waals surface area contributed by atoms with Gasteiger partial charge in [0.25, 0.3) is 5.91 Å². The number of rotatable bonds is 5. The van der Waals surface area contributed by atoms with Crippen LogP contribution in [0.5, 0.6) is 0 Å². The van der Waals surface area contributed by atoms with Gasteiger partial charge >= 0.3 is 0 Å². The van der Waals surface area contributed by atoms with Crippen LogP contribution in [0.2, 0.25) is 0 Å². The summed E-state index contributed by atoms with van der Waals surface area (Å²) in [6.07, 6.45) is 1.58. The van der Waals surface area contributed by atoms with Gasteiger partial charge < -0.3 is 10.6 Å². The zero-order valence-electron chi connectivity index (χ0n) is 16.1. The van der Waals surface area contributed by atoms with E-state index in [4.69, 9.17) is 0 Å². The summed E-state index contributed by atoms with van der Waals surface area (Å²) >= 11 is 0. The molecule has 0 spiro atoms. The number of nitrogens with zero attached hydrogens (tertiary/aromatic N) is 2. The van der Waals surface area contributed by atoms with E-state index in [1.54, 1.807) is 12.3 Å². The van der Waals surface area contributed by atoms with Gasteiger partial charge in [0.05, 0.1) is 0 Å². The Balaban J connectivity index is 1.73. The number of nitrogens with one attached hydrogen (secondary N) is 2. The highest BCUT2D eigenvalue weighted by Gasteiger charge is 2.10. The first-order chi connectivity index (χ1) is 12.9. The fourth-order valence-electron chi connectivity index (χ4n) is 2.87. The van der Waals surface area contributed by atoms with Crippen molar-refractivity contribution >= 4 is 23.2 Å². The lowest BCUT2D eigenvalue weighted by atomic mass is 10.0. The van der Waals surface area contributed by atoms with Crippen molar-refractivity contribution in [1.29, 1.82) is 0 Å². The molecule has 1 heterocycles. The van der Waals surface area contributed by atoms with Crippen molar-refractivity contribution in [3.63, 3.8) is 0 Å². The highest BCUT2D eigenvalue weighted by Crippen LogP contribution is 2.19. The quantitative estimate of drug-likeness (QED) is 0.655. The van der Waals surface area contributed by atoms with Crippen LogP contribution in [0.15, 0.2) is 54.7 Å². The third-order valence-corrected chi connectivity index (χ3v) is 4.20. The topological polar surface area (TPSA) is 66.9 Å². The molecule has 0 fully saturated rings. The Kier molecular flexibility index (Phi) is 5.50. The molecule has 2 N–H and O–H groups in total. The zero-order chi connectivity index (χ0) is 19.4. The van der Waals surface area contributed by atoms with Crippen LogP contribution in [0.1, 0.15) is 46.9 Å². The van der Waals surface area contributed by atoms with Gasteiger partial charge in [-0.3, -0.25) is 4.79 Å². The average molecular weight is 360 g/mol. The Morgan fingerprint density at radius 2 is 1.59 bits per heavy atom. The van der Waals surface area contributed by atoms with Gasteiger partial charge in [-0.15, -0.1) is 0 Å². The number of aryl methyl sites for hydroxylation is 2. The molecule has 27 heavy (non-hydrogen) atoms. The molecule has 138 valence electrons. The molecule has 0 saturated carbocycles. The molecule has 0 radical (unpaired) electrons. The molecule has 0 aliphatic heterocycles. The van der Waals surface area contributed by atoms with E-state index in [0.717, 1.165) is 22.5 Å². The normalized spacial score (nSPS) is 10.7. The van der Waals surface area contributed by atoms with Gasteiger partial charge in [0, 0.05) is 17.6 Å². The molecular formula is C22H24N4O. The van der Waals surface area contributed by atoms with Crippen molar-refractivity contribution in [2.75, 3.05) is 10.6 Å². The number of hydrogen-bond acceptors (Lipinski definition) is 4. The van der Waals surface area contributed by atoms with Crippen molar-refractivity contribution in [2.45, 2.75) is 33.6 Å². The Labute approximate surface area is 159 Å². The lowest BCUT2D eigenvalue weighted by molar-refractivity contribution is 0.102. The van der Waals surface area contributed by atoms with E-state index in [-0.39, 0.29) is 5.91 Å². The van der Waals surface area contributed by atoms with E-state index in [9.17, 15) is 4.79 Å². The van der Waals surface area contributed by atoms with E-state index in [1.807, 2.05) is 50.2 Å². The summed E-state index contributed by atoms with van der Waals surface area (Å²) in [7, 11) is 0. The molecule has 0 bridgehead atoms. The van der Waals surface area contributed by atoms with E-state index in [2.05, 4.69) is 40.5 Å². The van der Waals surface area contributed by atoms with E-state index in [1.165, 1.54) is 5.56 Å². The zero-order valence-corrected chi connectivity index (χ0v) is 16.1. The maximum Gasteiger partial charge on any atom is 0.274 e. The van der Waals surface area contributed by atoms with Gasteiger partial charge in [0.2, 0.25) is 5.95 Å². The monoisotopic (exact) mass is 360 g/mol. The van der Waals surface area contributed by atoms with E-state index >= 15 is 0 Å². The van der Waals surface area contributed by atoms with Crippen LogP contribution < -0.4 is 10.6 Å². The molecule has 3 rings (SSSR count). The fourth-order valence-corrected chi connectivity index (χ4v) is 2.87. The third-order valence-electron chi connectivity index (χ3n) is 4.20. The van der Waals surface area contributed by atoms with E-state index in [0.29, 0.717) is 17.6 Å². The second kappa shape index (κ2) is 7.99. The molecule has 0 saturated heterocycles. The van der Waals surface area contributed by atoms with Crippen molar-refractivity contribution < 1.29 is 4.79 Å². The minimum atomic E-state index is -0.266. The molecule has 2 aromatic carbocycles. The molecule has 0 aliphatic carbocycles. The maximum atomic E-state index is 12.5. The standard InChI is InChI=1S/C22H24N4O/c1-14(2)17-5-7-18(8-6-17)24-21(27)20-9-10-23-22(26-20)25-19-12-15(3)11-16(4)13-19/h5-14H,1-4H3,(H,24,27)(H,23,25,26). The summed E-state index contributed by atoms with van der Waals surface area (Å²) in [6, 6.07) is 15.6. The number of anilines is 3. The number of carbonyl (C=O) groups is 1. The van der Waals surface area contributed by atoms with E-state index < -0.39 is 0 Å². The first-order valence-electron chi connectivity index (χ1n) is 9.00. The molecule has 1 aromatic heterocycles. The van der Waals surface area contributed by atoms with Crippen LogP contribution in [0, 0.1) is 13.8 Å². The summed E-state index contributed by atoms with van der Waals surface area (Å²) in [5.74, 6) is 0.580. The Hall–Kier alpha value is -3.21. The first kappa shape index (κ1) is 18.6. The Morgan fingerprint density at radius 3 is 2.22 bits per heavy atom. The summed E-state index contributed by atoms with van der Waals surface area (Å²) < 4.78 is 0. The lowest BCUT2D eigenvalue weighted by Gasteiger charge is -2.10. The molecule has 5 nitrogen and oxygen atoms in total. The maximum absolute atomic E-state index is 12.5. The fraction of sp³-hybridized carbons (Fsp3) is 0.227. The SMILES string of the molecule is Cc1cc(C)cc(Nc2nccc(C(=O)Nc3ccc(C(C)C)cc3)n2)c1. The van der Waals surface area contributed by atoms with Crippen molar-refractivity contribution in [3.8, 4) is 0 Å². The van der Waals surface area contributed by atoms with Gasteiger partial charge in [-0.05, 0) is 66.8 Å². The number of carbonyl (C=O) groups excluding carboxylic acids is 1. The van der Waals surface area contributed by atoms with Crippen molar-refractivity contribution in [2.24, 2.45) is 0 Å². The van der Waals surface area contributed by atoms with Crippen LogP contribution in [0.3, 0.4) is 0 Å². The number of benzene rings is 2. The summed E-state index contributed by atoms with van der Waals surface area (Å²) in [5.41, 5.74) is 5.48. The molecular weight excluding hydrogens is 336 g/mol. The second-order valence-electron chi connectivity index (χ2n) is 7.00. The van der Waals surface area contributed by atoms with Gasteiger partial charge in [-0.25, -0.2) is 9.97 Å². The molecule has 1 amide bonds. The van der Waals surface area contributed by atoms with Crippen LogP contribution >= 0.6 is 0 Å². The smallest absolute Gasteiger partial charge is 0.274 e. The van der Waals surface area contributed by atoms with Crippen LogP contribution in [-0.4, -0.2) is 15.9 Å². The number of aromatic nitrogens is 2. The van der Waals surface area contributed by atoms with Gasteiger partial charge in [-0.2, -0.15) is 0 Å². The highest BCUT2D eigenvalue weighted by atomic mass is 16.1. The predicted octanol–water partition coefficient (Wildman–Crippen LogP) is 5.21. The number of hydrogen-bond donors (Lipinski definition) is 2. The summed E-state index contributed by atoms with van der Waals surface area (Å²) in [5, 5.41) is 6.04. The molecule has 3 aromatic rings. The minimum Gasteiger partial charge on any atom is -0.324 e. The average Bonchev–Trinajstić information content (AvgIpc) is 2.61. The van der Waals surface area contributed by atoms with Crippen molar-refractivity contribution in [3.05, 3.63) is 77.1 Å². The number of amides is 1. The largest absolute Gasteiger partial charge is 0.324 e. The second-order valence-corrected chi connectivity index (χ2v) is 7.00. The molecule has 0 unspecified atom stereocenters. The van der Waals surface area contributed by atoms with Crippen LogP contribution in [0.25, 0.3) is 0 Å². The molecule has 5 heteroatoms. The van der Waals surface area contributed by atoms with Gasteiger partial charge in [-0.1, -0.05) is 32.0 Å². The lowest BCUT2D eigenvalue weighted by Crippen LogP contribution is -2.14. The Bertz CT molecular complexity index is 929. The van der Waals surface area contributed by atoms with Crippen LogP contribution in [0.4, 0.5) is 17.3 Å². The van der Waals surface area contributed by atoms with Gasteiger partial charge in [0.15, 0.2) is 0 Å². The van der Waals surface area contributed by atoms with Crippen LogP contribution in [-0.2, 0) is 0 Å². The first-order valence-corrected chi connectivity index (χ1v) is 9.00. The van der Waals surface area contributed by atoms with Gasteiger partial charge in [0.1, 0.15) is 5.69 Å². The third kappa shape index (κ3) is 4.91. The molecule has 0 atom stereocenters.